The van der Waals surface area contributed by atoms with Crippen molar-refractivity contribution in [1.29, 1.82) is 0 Å². The fourth-order valence-corrected chi connectivity index (χ4v) is 2.41. The van der Waals surface area contributed by atoms with Gasteiger partial charge in [0.2, 0.25) is 0 Å². The molecule has 0 fully saturated rings. The van der Waals surface area contributed by atoms with Crippen LogP contribution in [0.5, 0.6) is 0 Å². The number of hydrogen-bond donors (Lipinski definition) is 1. The summed E-state index contributed by atoms with van der Waals surface area (Å²) in [5, 5.41) is 0. The summed E-state index contributed by atoms with van der Waals surface area (Å²) in [5.41, 5.74) is 8.56. The van der Waals surface area contributed by atoms with Gasteiger partial charge in [0, 0.05) is 0 Å². The van der Waals surface area contributed by atoms with E-state index in [-0.39, 0.29) is 0 Å². The Labute approximate surface area is 110 Å². The van der Waals surface area contributed by atoms with Crippen molar-refractivity contribution >= 4 is 0 Å². The number of rotatable bonds is 6. The fourth-order valence-electron chi connectivity index (χ4n) is 2.41. The maximum atomic E-state index is 5.74. The van der Waals surface area contributed by atoms with Gasteiger partial charge >= 0.3 is 0 Å². The lowest BCUT2D eigenvalue weighted by atomic mass is 9.90. The lowest BCUT2D eigenvalue weighted by Crippen LogP contribution is -2.14. The minimum atomic E-state index is 0.639. The zero-order valence-electron chi connectivity index (χ0n) is 10.8. The van der Waals surface area contributed by atoms with Crippen LogP contribution in [0.25, 0.3) is 0 Å². The van der Waals surface area contributed by atoms with Crippen LogP contribution in [0.1, 0.15) is 17.5 Å². The Kier molecular flexibility index (Phi) is 4.98. The average molecular weight is 239 g/mol. The number of nitrogens with two attached hydrogens (primary N) is 1. The van der Waals surface area contributed by atoms with E-state index >= 15 is 0 Å². The van der Waals surface area contributed by atoms with Crippen molar-refractivity contribution in [3.63, 3.8) is 0 Å². The summed E-state index contributed by atoms with van der Waals surface area (Å²) in [5.74, 6) is 0.639. The molecule has 0 aliphatic carbocycles. The second kappa shape index (κ2) is 6.97. The van der Waals surface area contributed by atoms with Crippen LogP contribution in [0.3, 0.4) is 0 Å². The quantitative estimate of drug-likeness (QED) is 0.821. The molecule has 0 bridgehead atoms. The molecule has 0 heterocycles. The van der Waals surface area contributed by atoms with Gasteiger partial charge in [-0.3, -0.25) is 0 Å². The molecule has 1 nitrogen and oxygen atoms in total. The third-order valence-electron chi connectivity index (χ3n) is 3.31. The van der Waals surface area contributed by atoms with Gasteiger partial charge < -0.3 is 5.73 Å². The molecular weight excluding hydrogens is 218 g/mol. The third kappa shape index (κ3) is 4.01. The first kappa shape index (κ1) is 12.8. The maximum absolute atomic E-state index is 5.74. The van der Waals surface area contributed by atoms with Crippen molar-refractivity contribution in [3.8, 4) is 0 Å². The van der Waals surface area contributed by atoms with Crippen LogP contribution >= 0.6 is 0 Å². The third-order valence-corrected chi connectivity index (χ3v) is 3.31. The highest BCUT2D eigenvalue weighted by Gasteiger charge is 2.09. The van der Waals surface area contributed by atoms with Crippen LogP contribution in [0, 0.1) is 5.92 Å². The van der Waals surface area contributed by atoms with Crippen molar-refractivity contribution in [2.24, 2.45) is 11.7 Å². The molecule has 0 radical (unpaired) electrons. The molecule has 94 valence electrons. The van der Waals surface area contributed by atoms with E-state index in [0.29, 0.717) is 5.92 Å². The van der Waals surface area contributed by atoms with E-state index < -0.39 is 0 Å². The van der Waals surface area contributed by atoms with E-state index in [1.54, 1.807) is 0 Å². The largest absolute Gasteiger partial charge is 0.330 e. The lowest BCUT2D eigenvalue weighted by molar-refractivity contribution is 0.487. The number of hydrogen-bond acceptors (Lipinski definition) is 1. The van der Waals surface area contributed by atoms with Gasteiger partial charge in [0.15, 0.2) is 0 Å². The summed E-state index contributed by atoms with van der Waals surface area (Å²) in [6, 6.07) is 21.4. The molecule has 0 saturated heterocycles. The van der Waals surface area contributed by atoms with E-state index in [1.165, 1.54) is 11.1 Å². The number of benzene rings is 2. The van der Waals surface area contributed by atoms with Crippen LogP contribution in [-0.4, -0.2) is 6.54 Å². The van der Waals surface area contributed by atoms with Crippen molar-refractivity contribution in [3.05, 3.63) is 71.8 Å². The highest BCUT2D eigenvalue weighted by molar-refractivity contribution is 5.18. The summed E-state index contributed by atoms with van der Waals surface area (Å²) in [7, 11) is 0. The Morgan fingerprint density at radius 1 is 0.722 bits per heavy atom. The second-order valence-electron chi connectivity index (χ2n) is 4.82. The summed E-state index contributed by atoms with van der Waals surface area (Å²) >= 11 is 0. The molecule has 0 aromatic heterocycles. The smallest absolute Gasteiger partial charge is 0.00744 e. The molecule has 2 aromatic rings. The molecule has 18 heavy (non-hydrogen) atoms. The highest BCUT2D eigenvalue weighted by Crippen LogP contribution is 2.17. The molecule has 0 aliphatic rings. The predicted octanol–water partition coefficient (Wildman–Crippen LogP) is 3.44. The fraction of sp³-hybridized carbons (Fsp3) is 0.294. The Morgan fingerprint density at radius 3 is 1.56 bits per heavy atom. The molecule has 0 aliphatic heterocycles. The Bertz CT molecular complexity index is 394. The van der Waals surface area contributed by atoms with Crippen LogP contribution < -0.4 is 5.73 Å². The van der Waals surface area contributed by atoms with Gasteiger partial charge in [0.25, 0.3) is 0 Å². The molecule has 2 N–H and O–H groups in total. The first-order valence-electron chi connectivity index (χ1n) is 6.66. The zero-order valence-corrected chi connectivity index (χ0v) is 10.8. The molecule has 1 heteroatoms. The van der Waals surface area contributed by atoms with Gasteiger partial charge in [0.05, 0.1) is 0 Å². The molecule has 0 unspecified atom stereocenters. The van der Waals surface area contributed by atoms with Gasteiger partial charge in [-0.25, -0.2) is 0 Å². The lowest BCUT2D eigenvalue weighted by Gasteiger charge is -2.16. The average Bonchev–Trinajstić information content (AvgIpc) is 2.41. The first-order chi connectivity index (χ1) is 8.88. The van der Waals surface area contributed by atoms with Crippen molar-refractivity contribution in [2.45, 2.75) is 19.3 Å². The van der Waals surface area contributed by atoms with E-state index in [0.717, 1.165) is 25.8 Å². The summed E-state index contributed by atoms with van der Waals surface area (Å²) in [6.45, 7) is 0.768. The van der Waals surface area contributed by atoms with Crippen LogP contribution in [0.15, 0.2) is 60.7 Å². The first-order valence-corrected chi connectivity index (χ1v) is 6.66. The van der Waals surface area contributed by atoms with Crippen LogP contribution in [-0.2, 0) is 12.8 Å². The predicted molar refractivity (Wildman–Crippen MR) is 77.5 cm³/mol. The van der Waals surface area contributed by atoms with Gasteiger partial charge in [-0.2, -0.15) is 0 Å². The van der Waals surface area contributed by atoms with Crippen molar-refractivity contribution in [1.82, 2.24) is 0 Å². The summed E-state index contributed by atoms with van der Waals surface area (Å²) in [6.07, 6.45) is 3.32. The Hall–Kier alpha value is -1.60. The summed E-state index contributed by atoms with van der Waals surface area (Å²) < 4.78 is 0. The highest BCUT2D eigenvalue weighted by atomic mass is 14.5. The molecule has 0 atom stereocenters. The van der Waals surface area contributed by atoms with Crippen LogP contribution in [0.4, 0.5) is 0 Å². The van der Waals surface area contributed by atoms with Gasteiger partial charge in [-0.15, -0.1) is 0 Å². The van der Waals surface area contributed by atoms with Crippen molar-refractivity contribution in [2.75, 3.05) is 6.54 Å². The van der Waals surface area contributed by atoms with E-state index in [1.807, 2.05) is 0 Å². The maximum Gasteiger partial charge on any atom is -0.00744 e. The minimum absolute atomic E-state index is 0.639. The topological polar surface area (TPSA) is 26.0 Å². The molecule has 0 amide bonds. The van der Waals surface area contributed by atoms with E-state index in [2.05, 4.69) is 60.7 Å². The molecule has 2 rings (SSSR count). The SMILES string of the molecule is NCCC(Cc1ccccc1)Cc1ccccc1. The zero-order chi connectivity index (χ0) is 12.6. The van der Waals surface area contributed by atoms with E-state index in [9.17, 15) is 0 Å². The molecule has 2 aromatic carbocycles. The molecular formula is C17H21N. The van der Waals surface area contributed by atoms with Gasteiger partial charge in [-0.1, -0.05) is 60.7 Å². The van der Waals surface area contributed by atoms with Gasteiger partial charge in [-0.05, 0) is 42.9 Å². The van der Waals surface area contributed by atoms with Crippen LogP contribution in [0.2, 0.25) is 0 Å². The second-order valence-corrected chi connectivity index (χ2v) is 4.82. The monoisotopic (exact) mass is 239 g/mol. The molecule has 0 spiro atoms. The minimum Gasteiger partial charge on any atom is -0.330 e. The van der Waals surface area contributed by atoms with E-state index in [4.69, 9.17) is 5.73 Å². The molecule has 0 saturated carbocycles. The standard InChI is InChI=1S/C17H21N/c18-12-11-17(13-15-7-3-1-4-8-15)14-16-9-5-2-6-10-16/h1-10,17H,11-14,18H2. The normalized spacial score (nSPS) is 10.8. The summed E-state index contributed by atoms with van der Waals surface area (Å²) in [4.78, 5) is 0. The Balaban J connectivity index is 2.00. The Morgan fingerprint density at radius 2 is 1.17 bits per heavy atom. The van der Waals surface area contributed by atoms with Crippen molar-refractivity contribution < 1.29 is 0 Å². The van der Waals surface area contributed by atoms with Gasteiger partial charge in [0.1, 0.15) is 0 Å².